The fourth-order valence-electron chi connectivity index (χ4n) is 3.43. The quantitative estimate of drug-likeness (QED) is 0.174. The van der Waals surface area contributed by atoms with Crippen molar-refractivity contribution in [1.82, 2.24) is 0 Å². The van der Waals surface area contributed by atoms with Crippen molar-refractivity contribution in [3.05, 3.63) is 42.0 Å². The molecule has 4 N–H and O–H groups in total. The van der Waals surface area contributed by atoms with Crippen LogP contribution >= 0.6 is 0 Å². The van der Waals surface area contributed by atoms with Crippen LogP contribution in [-0.4, -0.2) is 59.8 Å². The Morgan fingerprint density at radius 3 is 2.40 bits per heavy atom. The number of benzene rings is 1. The van der Waals surface area contributed by atoms with Crippen molar-refractivity contribution in [2.75, 3.05) is 27.1 Å². The van der Waals surface area contributed by atoms with Crippen molar-refractivity contribution in [1.29, 1.82) is 0 Å². The molecule has 0 aromatic heterocycles. The van der Waals surface area contributed by atoms with Gasteiger partial charge in [0.25, 0.3) is 0 Å². The molecule has 1 rings (SSSR count). The Bertz CT molecular complexity index is 577. The van der Waals surface area contributed by atoms with E-state index < -0.39 is 12.2 Å². The molecule has 0 amide bonds. The van der Waals surface area contributed by atoms with Crippen LogP contribution in [0.4, 0.5) is 0 Å². The molecule has 0 saturated carbocycles. The lowest BCUT2D eigenvalue weighted by molar-refractivity contribution is 0.0236. The molecule has 0 bridgehead atoms. The second-order valence-electron chi connectivity index (χ2n) is 7.95. The number of methoxy groups -OCH3 is 1. The second-order valence-corrected chi connectivity index (χ2v) is 7.95. The van der Waals surface area contributed by atoms with Crippen molar-refractivity contribution in [2.24, 2.45) is 11.8 Å². The van der Waals surface area contributed by atoms with Gasteiger partial charge >= 0.3 is 0 Å². The van der Waals surface area contributed by atoms with Crippen LogP contribution in [0.1, 0.15) is 51.0 Å². The molecule has 0 fully saturated rings. The van der Waals surface area contributed by atoms with Gasteiger partial charge in [-0.3, -0.25) is 0 Å². The Kier molecular flexibility index (Phi) is 14.4. The maximum absolute atomic E-state index is 10.1. The Hall–Kier alpha value is -1.44. The molecule has 172 valence electrons. The zero-order valence-electron chi connectivity index (χ0n) is 18.4. The Balaban J connectivity index is 2.30. The molecular weight excluding hydrogens is 384 g/mol. The van der Waals surface area contributed by atoms with Gasteiger partial charge in [0, 0.05) is 7.11 Å². The van der Waals surface area contributed by atoms with E-state index in [0.29, 0.717) is 6.42 Å². The number of aryl methyl sites for hydroxylation is 1. The zero-order chi connectivity index (χ0) is 22.2. The fraction of sp³-hybridized carbons (Fsp3) is 0.667. The van der Waals surface area contributed by atoms with E-state index in [1.807, 2.05) is 25.1 Å². The number of allylic oxidation sites excluding steroid dienone is 2. The Labute approximate surface area is 181 Å². The van der Waals surface area contributed by atoms with Gasteiger partial charge in [0.1, 0.15) is 5.75 Å². The third-order valence-electron chi connectivity index (χ3n) is 5.52. The molecule has 0 heterocycles. The number of unbranched alkanes of at least 4 members (excludes halogenated alkanes) is 1. The van der Waals surface area contributed by atoms with E-state index in [4.69, 9.17) is 14.6 Å². The van der Waals surface area contributed by atoms with Gasteiger partial charge in [0.2, 0.25) is 0 Å². The van der Waals surface area contributed by atoms with Gasteiger partial charge in [-0.15, -0.1) is 0 Å². The highest BCUT2D eigenvalue weighted by Crippen LogP contribution is 2.23. The zero-order valence-corrected chi connectivity index (χ0v) is 18.4. The lowest BCUT2D eigenvalue weighted by Crippen LogP contribution is -2.27. The van der Waals surface area contributed by atoms with Gasteiger partial charge < -0.3 is 29.9 Å². The minimum absolute atomic E-state index is 0.00610. The monoisotopic (exact) mass is 424 g/mol. The van der Waals surface area contributed by atoms with Gasteiger partial charge in [0.05, 0.1) is 25.4 Å². The minimum Gasteiger partial charge on any atom is -0.468 e. The summed E-state index contributed by atoms with van der Waals surface area (Å²) >= 11 is 0. The summed E-state index contributed by atoms with van der Waals surface area (Å²) in [6.45, 7) is 1.65. The summed E-state index contributed by atoms with van der Waals surface area (Å²) < 4.78 is 10.4. The standard InChI is InChI=1S/C24H40O6/c1-19(23(27)16-25)13-14-21(24(28)17-26)11-7-5-3-4-6-9-20-10-8-12-22(15-20)30-18-29-2/h3-4,8,10,12,15,19,21,23-28H,5-7,9,11,13-14,16-18H2,1-2H3/b4-3+. The van der Waals surface area contributed by atoms with Crippen LogP contribution in [0.2, 0.25) is 0 Å². The SMILES string of the molecule is COCOc1cccc(CC/C=C/CCCC(CCC(C)C(O)CO)C(O)CO)c1. The number of rotatable bonds is 17. The summed E-state index contributed by atoms with van der Waals surface area (Å²) in [5.41, 5.74) is 1.22. The minimum atomic E-state index is -0.736. The third kappa shape index (κ3) is 11.1. The van der Waals surface area contributed by atoms with Gasteiger partial charge in [-0.2, -0.15) is 0 Å². The van der Waals surface area contributed by atoms with Crippen LogP contribution < -0.4 is 4.74 Å². The first-order valence-electron chi connectivity index (χ1n) is 10.9. The first-order valence-corrected chi connectivity index (χ1v) is 10.9. The third-order valence-corrected chi connectivity index (χ3v) is 5.52. The van der Waals surface area contributed by atoms with E-state index in [9.17, 15) is 15.3 Å². The lowest BCUT2D eigenvalue weighted by atomic mass is 9.87. The summed E-state index contributed by atoms with van der Waals surface area (Å²) in [4.78, 5) is 0. The highest BCUT2D eigenvalue weighted by molar-refractivity contribution is 5.28. The number of aliphatic hydroxyl groups excluding tert-OH is 4. The van der Waals surface area contributed by atoms with Crippen LogP contribution in [0.3, 0.4) is 0 Å². The molecule has 4 unspecified atom stereocenters. The maximum atomic E-state index is 10.1. The predicted molar refractivity (Wildman–Crippen MR) is 118 cm³/mol. The van der Waals surface area contributed by atoms with E-state index in [0.717, 1.165) is 44.3 Å². The Morgan fingerprint density at radius 1 is 0.967 bits per heavy atom. The molecule has 0 radical (unpaired) electrons. The summed E-state index contributed by atoms with van der Waals surface area (Å²) in [7, 11) is 1.60. The number of hydrogen-bond acceptors (Lipinski definition) is 6. The van der Waals surface area contributed by atoms with Crippen LogP contribution in [0.5, 0.6) is 5.75 Å². The van der Waals surface area contributed by atoms with Crippen molar-refractivity contribution in [2.45, 2.75) is 64.1 Å². The summed E-state index contributed by atoms with van der Waals surface area (Å²) in [6.07, 6.45) is 8.92. The molecule has 0 aliphatic heterocycles. The van der Waals surface area contributed by atoms with Crippen LogP contribution in [-0.2, 0) is 11.2 Å². The van der Waals surface area contributed by atoms with Gasteiger partial charge in [0.15, 0.2) is 6.79 Å². The molecule has 4 atom stereocenters. The van der Waals surface area contributed by atoms with Crippen molar-refractivity contribution in [3.8, 4) is 5.75 Å². The number of aliphatic hydroxyl groups is 4. The molecule has 0 aliphatic carbocycles. The molecule has 0 saturated heterocycles. The van der Waals surface area contributed by atoms with Crippen LogP contribution in [0, 0.1) is 11.8 Å². The summed E-state index contributed by atoms with van der Waals surface area (Å²) in [6, 6.07) is 8.02. The maximum Gasteiger partial charge on any atom is 0.188 e. The van der Waals surface area contributed by atoms with Crippen molar-refractivity contribution in [3.63, 3.8) is 0 Å². The van der Waals surface area contributed by atoms with Crippen molar-refractivity contribution < 1.29 is 29.9 Å². The lowest BCUT2D eigenvalue weighted by Gasteiger charge is -2.24. The van der Waals surface area contributed by atoms with E-state index in [1.54, 1.807) is 7.11 Å². The first-order chi connectivity index (χ1) is 14.5. The van der Waals surface area contributed by atoms with E-state index in [2.05, 4.69) is 18.2 Å². The largest absolute Gasteiger partial charge is 0.468 e. The van der Waals surface area contributed by atoms with E-state index in [1.165, 1.54) is 5.56 Å². The molecule has 6 heteroatoms. The smallest absolute Gasteiger partial charge is 0.188 e. The summed E-state index contributed by atoms with van der Waals surface area (Å²) in [5.74, 6) is 0.793. The van der Waals surface area contributed by atoms with Crippen LogP contribution in [0.15, 0.2) is 36.4 Å². The van der Waals surface area contributed by atoms with Gasteiger partial charge in [-0.05, 0) is 74.5 Å². The average molecular weight is 425 g/mol. The topological polar surface area (TPSA) is 99.4 Å². The molecule has 0 spiro atoms. The predicted octanol–water partition coefficient (Wildman–Crippen LogP) is 3.07. The normalized spacial score (nSPS) is 15.8. The van der Waals surface area contributed by atoms with E-state index in [-0.39, 0.29) is 31.8 Å². The van der Waals surface area contributed by atoms with Gasteiger partial charge in [-0.1, -0.05) is 31.2 Å². The summed E-state index contributed by atoms with van der Waals surface area (Å²) in [5, 5.41) is 38.1. The van der Waals surface area contributed by atoms with Crippen molar-refractivity contribution >= 4 is 0 Å². The molecule has 1 aromatic carbocycles. The molecule has 6 nitrogen and oxygen atoms in total. The fourth-order valence-corrected chi connectivity index (χ4v) is 3.43. The Morgan fingerprint density at radius 2 is 1.70 bits per heavy atom. The van der Waals surface area contributed by atoms with Gasteiger partial charge in [-0.25, -0.2) is 0 Å². The molecular formula is C24H40O6. The highest BCUT2D eigenvalue weighted by atomic mass is 16.7. The highest BCUT2D eigenvalue weighted by Gasteiger charge is 2.21. The first kappa shape index (κ1) is 26.6. The number of hydrogen-bond donors (Lipinski definition) is 4. The van der Waals surface area contributed by atoms with Crippen LogP contribution in [0.25, 0.3) is 0 Å². The molecule has 0 aliphatic rings. The number of ether oxygens (including phenoxy) is 2. The molecule has 30 heavy (non-hydrogen) atoms. The second kappa shape index (κ2) is 16.3. The average Bonchev–Trinajstić information content (AvgIpc) is 2.77. The molecule has 1 aromatic rings. The van der Waals surface area contributed by atoms with E-state index >= 15 is 0 Å².